The lowest BCUT2D eigenvalue weighted by Gasteiger charge is -2.70. The van der Waals surface area contributed by atoms with Gasteiger partial charge in [0.2, 0.25) is 0 Å². The lowest BCUT2D eigenvalue weighted by molar-refractivity contribution is -0.211. The minimum absolute atomic E-state index is 0.0271. The van der Waals surface area contributed by atoms with Crippen molar-refractivity contribution in [1.29, 1.82) is 0 Å². The maximum absolute atomic E-state index is 14.5. The van der Waals surface area contributed by atoms with E-state index in [1.54, 1.807) is 0 Å². The maximum atomic E-state index is 14.5. The van der Waals surface area contributed by atoms with Crippen LogP contribution in [0.1, 0.15) is 126 Å². The van der Waals surface area contributed by atoms with Crippen molar-refractivity contribution < 1.29 is 34.1 Å². The molecule has 0 spiro atoms. The lowest BCUT2D eigenvalue weighted by atomic mass is 9.33. The number of carboxylic acid groups (broad SMARTS) is 2. The Kier molecular flexibility index (Phi) is 7.38. The lowest BCUT2D eigenvalue weighted by Crippen LogP contribution is -2.66. The van der Waals surface area contributed by atoms with E-state index in [2.05, 4.69) is 41.5 Å². The van der Waals surface area contributed by atoms with Gasteiger partial charge < -0.3 is 14.9 Å². The second-order valence-corrected chi connectivity index (χ2v) is 16.6. The number of ketones is 1. The molecule has 0 aromatic carbocycles. The van der Waals surface area contributed by atoms with Crippen LogP contribution in [0.4, 0.5) is 0 Å². The molecule has 7 nitrogen and oxygen atoms in total. The van der Waals surface area contributed by atoms with E-state index in [0.29, 0.717) is 19.3 Å². The molecule has 4 fully saturated rings. The number of allylic oxidation sites excluding steroid dienone is 2. The highest BCUT2D eigenvalue weighted by Crippen LogP contribution is 2.75. The smallest absolute Gasteiger partial charge is 0.309 e. The summed E-state index contributed by atoms with van der Waals surface area (Å²) in [6.07, 6.45) is 9.67. The summed E-state index contributed by atoms with van der Waals surface area (Å²) in [5.41, 5.74) is -0.474. The van der Waals surface area contributed by atoms with Crippen molar-refractivity contribution in [2.24, 2.45) is 50.2 Å². The molecule has 5 aliphatic rings. The van der Waals surface area contributed by atoms with Crippen molar-refractivity contribution >= 4 is 23.7 Å². The van der Waals surface area contributed by atoms with Crippen LogP contribution in [0.5, 0.6) is 0 Å². The topological polar surface area (TPSA) is 118 Å². The fourth-order valence-electron chi connectivity index (χ4n) is 11.2. The van der Waals surface area contributed by atoms with Crippen molar-refractivity contribution in [2.45, 2.75) is 132 Å². The first-order valence-electron chi connectivity index (χ1n) is 16.2. The summed E-state index contributed by atoms with van der Waals surface area (Å²) in [4.78, 5) is 50.4. The Labute approximate surface area is 251 Å². The SMILES string of the molecule is CC1(C)[C@@H](OC(=O)CCCC(=O)O)CC[C@]2(C)[C@H]3C(=O)C=C4[C@@H]5C[C@@](C)(C(=O)O)CC[C@]5(C)CC[C@@]4(C)[C@]3(C)CC[C@@H]12. The molecule has 0 amide bonds. The van der Waals surface area contributed by atoms with Crippen LogP contribution in [-0.2, 0) is 23.9 Å². The Morgan fingerprint density at radius 1 is 0.881 bits per heavy atom. The second kappa shape index (κ2) is 9.92. The van der Waals surface area contributed by atoms with Crippen LogP contribution < -0.4 is 0 Å². The molecule has 42 heavy (non-hydrogen) atoms. The number of carbonyl (C=O) groups is 4. The van der Waals surface area contributed by atoms with E-state index in [1.165, 1.54) is 5.57 Å². The molecule has 9 atom stereocenters. The molecule has 0 bridgehead atoms. The minimum atomic E-state index is -0.910. The van der Waals surface area contributed by atoms with Crippen molar-refractivity contribution in [2.75, 3.05) is 0 Å². The molecular weight excluding hydrogens is 532 g/mol. The van der Waals surface area contributed by atoms with Gasteiger partial charge in [-0.3, -0.25) is 19.2 Å². The first-order valence-corrected chi connectivity index (χ1v) is 16.2. The van der Waals surface area contributed by atoms with E-state index >= 15 is 0 Å². The van der Waals surface area contributed by atoms with E-state index in [4.69, 9.17) is 9.84 Å². The maximum Gasteiger partial charge on any atom is 0.309 e. The Bertz CT molecular complexity index is 1220. The summed E-state index contributed by atoms with van der Waals surface area (Å²) in [5, 5.41) is 19.1. The number of esters is 1. The molecule has 0 saturated heterocycles. The van der Waals surface area contributed by atoms with Crippen LogP contribution in [0.25, 0.3) is 0 Å². The van der Waals surface area contributed by atoms with Crippen LogP contribution in [0.2, 0.25) is 0 Å². The van der Waals surface area contributed by atoms with Gasteiger partial charge in [-0.1, -0.05) is 47.1 Å². The van der Waals surface area contributed by atoms with Gasteiger partial charge in [0.15, 0.2) is 5.78 Å². The van der Waals surface area contributed by atoms with Gasteiger partial charge in [-0.25, -0.2) is 0 Å². The third-order valence-corrected chi connectivity index (χ3v) is 14.1. The quantitative estimate of drug-likeness (QED) is 0.317. The molecular formula is C35H52O7. The number of aliphatic carboxylic acids is 2. The zero-order chi connectivity index (χ0) is 31.1. The number of ether oxygens (including phenoxy) is 1. The summed E-state index contributed by atoms with van der Waals surface area (Å²) in [6.45, 7) is 15.6. The van der Waals surface area contributed by atoms with E-state index < -0.39 is 17.4 Å². The van der Waals surface area contributed by atoms with Crippen LogP contribution in [0.15, 0.2) is 11.6 Å². The fourth-order valence-corrected chi connectivity index (χ4v) is 11.2. The molecule has 5 aliphatic carbocycles. The van der Waals surface area contributed by atoms with Crippen LogP contribution >= 0.6 is 0 Å². The van der Waals surface area contributed by atoms with Gasteiger partial charge >= 0.3 is 17.9 Å². The summed E-state index contributed by atoms with van der Waals surface area (Å²) in [6, 6.07) is 0. The zero-order valence-electron chi connectivity index (χ0n) is 26.8. The average molecular weight is 585 g/mol. The number of fused-ring (bicyclic) bond motifs is 7. The van der Waals surface area contributed by atoms with Gasteiger partial charge in [0, 0.05) is 24.2 Å². The Balaban J connectivity index is 1.45. The number of hydrogen-bond donors (Lipinski definition) is 2. The Morgan fingerprint density at radius 3 is 2.19 bits per heavy atom. The van der Waals surface area contributed by atoms with Crippen molar-refractivity contribution in [3.8, 4) is 0 Å². The molecule has 234 valence electrons. The van der Waals surface area contributed by atoms with Crippen molar-refractivity contribution in [1.82, 2.24) is 0 Å². The highest BCUT2D eigenvalue weighted by atomic mass is 16.5. The summed E-state index contributed by atoms with van der Waals surface area (Å²) >= 11 is 0. The predicted molar refractivity (Wildman–Crippen MR) is 158 cm³/mol. The Morgan fingerprint density at radius 2 is 1.55 bits per heavy atom. The molecule has 0 aromatic rings. The minimum Gasteiger partial charge on any atom is -0.481 e. The van der Waals surface area contributed by atoms with Crippen molar-refractivity contribution in [3.05, 3.63) is 11.6 Å². The molecule has 0 aromatic heterocycles. The summed E-state index contributed by atoms with van der Waals surface area (Å²) in [5.74, 6) is -1.59. The number of rotatable bonds is 6. The van der Waals surface area contributed by atoms with Crippen LogP contribution in [-0.4, -0.2) is 40.0 Å². The number of carboxylic acids is 2. The van der Waals surface area contributed by atoms with Crippen LogP contribution in [0.3, 0.4) is 0 Å². The predicted octanol–water partition coefficient (Wildman–Crippen LogP) is 7.22. The molecule has 5 rings (SSSR count). The fraction of sp³-hybridized carbons (Fsp3) is 0.829. The van der Waals surface area contributed by atoms with E-state index in [-0.39, 0.29) is 81.9 Å². The first-order chi connectivity index (χ1) is 19.3. The molecule has 0 heterocycles. The van der Waals surface area contributed by atoms with E-state index in [1.807, 2.05) is 13.0 Å². The monoisotopic (exact) mass is 584 g/mol. The molecule has 4 saturated carbocycles. The van der Waals surface area contributed by atoms with Gasteiger partial charge in [-0.15, -0.1) is 0 Å². The van der Waals surface area contributed by atoms with Crippen molar-refractivity contribution in [3.63, 3.8) is 0 Å². The zero-order valence-corrected chi connectivity index (χ0v) is 26.8. The molecule has 0 aliphatic heterocycles. The average Bonchev–Trinajstić information content (AvgIpc) is 2.87. The third-order valence-electron chi connectivity index (χ3n) is 14.1. The second-order valence-electron chi connectivity index (χ2n) is 16.6. The highest BCUT2D eigenvalue weighted by Gasteiger charge is 2.70. The largest absolute Gasteiger partial charge is 0.481 e. The Hall–Kier alpha value is -2.18. The van der Waals surface area contributed by atoms with E-state index in [9.17, 15) is 24.3 Å². The molecule has 0 radical (unpaired) electrons. The third kappa shape index (κ3) is 4.41. The molecule has 2 N–H and O–H groups in total. The summed E-state index contributed by atoms with van der Waals surface area (Å²) in [7, 11) is 0. The summed E-state index contributed by atoms with van der Waals surface area (Å²) < 4.78 is 6.01. The standard InChI is InChI=1S/C35H52O7/c1-30(2)24-11-14-35(7)28(33(24,5)13-12-25(30)42-27(39)10-8-9-26(37)38)23(36)19-21-22-20-32(4,29(40)41)16-15-31(22,3)17-18-34(21,35)6/h19,22,24-25,28H,8-18,20H2,1-7H3,(H,37,38)(H,40,41)/t22-,24-,25-,28+,31+,32-,33-,34+,35+/m0/s1. The van der Waals surface area contributed by atoms with Gasteiger partial charge in [0.1, 0.15) is 6.10 Å². The van der Waals surface area contributed by atoms with Crippen LogP contribution in [0, 0.1) is 50.2 Å². The normalized spacial score (nSPS) is 45.8. The van der Waals surface area contributed by atoms with Gasteiger partial charge in [-0.05, 0) is 111 Å². The first kappa shape index (κ1) is 31.3. The van der Waals surface area contributed by atoms with E-state index in [0.717, 1.165) is 38.5 Å². The molecule has 7 heteroatoms. The van der Waals surface area contributed by atoms with Gasteiger partial charge in [0.25, 0.3) is 0 Å². The number of carbonyl (C=O) groups excluding carboxylic acids is 2. The molecule has 0 unspecified atom stereocenters. The van der Waals surface area contributed by atoms with Gasteiger partial charge in [-0.2, -0.15) is 0 Å². The van der Waals surface area contributed by atoms with Gasteiger partial charge in [0.05, 0.1) is 5.41 Å². The number of hydrogen-bond acceptors (Lipinski definition) is 5. The highest BCUT2D eigenvalue weighted by molar-refractivity contribution is 5.95.